The fraction of sp³-hybridized carbons (Fsp3) is 0.362. The number of rotatable bonds is 22. The Morgan fingerprint density at radius 3 is 1.37 bits per heavy atom. The lowest BCUT2D eigenvalue weighted by molar-refractivity contribution is -0.123. The number of aromatic nitrogens is 15. The van der Waals surface area contributed by atoms with Gasteiger partial charge in [-0.1, -0.05) is 77.9 Å². The van der Waals surface area contributed by atoms with E-state index < -0.39 is 6.10 Å². The van der Waals surface area contributed by atoms with Crippen molar-refractivity contribution in [3.05, 3.63) is 215 Å². The predicted octanol–water partition coefficient (Wildman–Crippen LogP) is 16.9. The third kappa shape index (κ3) is 22.4. The molecule has 0 aliphatic carbocycles. The Balaban J connectivity index is 0.000000134. The normalized spacial score (nSPS) is 16.1. The molecule has 4 aliphatic rings. The van der Waals surface area contributed by atoms with Crippen molar-refractivity contribution in [1.82, 2.24) is 89.3 Å². The molecule has 684 valence electrons. The number of piperidine rings is 4. The quantitative estimate of drug-likeness (QED) is 0.0490. The molecule has 37 heteroatoms. The molecule has 4 fully saturated rings. The van der Waals surface area contributed by atoms with Crippen molar-refractivity contribution in [1.29, 1.82) is 0 Å². The number of methoxy groups -OCH3 is 3. The van der Waals surface area contributed by atoms with Gasteiger partial charge in [0, 0.05) is 159 Å². The van der Waals surface area contributed by atoms with Gasteiger partial charge < -0.3 is 69.1 Å². The summed E-state index contributed by atoms with van der Waals surface area (Å²) in [5.41, 5.74) is 9.74. The first-order chi connectivity index (χ1) is 63.2. The zero-order valence-corrected chi connectivity index (χ0v) is 78.0. The van der Waals surface area contributed by atoms with Crippen LogP contribution in [0.25, 0.3) is 66.7 Å². The van der Waals surface area contributed by atoms with Gasteiger partial charge in [0.25, 0.3) is 5.91 Å². The van der Waals surface area contributed by atoms with Gasteiger partial charge in [-0.25, -0.2) is 52.8 Å². The summed E-state index contributed by atoms with van der Waals surface area (Å²) in [6, 6.07) is 28.7. The van der Waals surface area contributed by atoms with Crippen molar-refractivity contribution in [2.45, 2.75) is 135 Å². The number of β-amino-alcohol motifs (C(OH)–C–C–N with tert-alkyl or cyclic N) is 1. The molecule has 2 atom stereocenters. The fourth-order valence-electron chi connectivity index (χ4n) is 16.3. The Morgan fingerprint density at radius 2 is 0.931 bits per heavy atom. The average molecular weight is 1880 g/mol. The number of nitrogens with one attached hydrogen (secondary N) is 3. The molecule has 0 unspecified atom stereocenters. The highest BCUT2D eigenvalue weighted by Crippen LogP contribution is 2.40. The standard InChI is InChI=1S/C24H23Cl2N7O2.C24H30ClN5O3.C23H28ClN5O3.C23H22ClN5O2/c1-24(31-23(34)21-17(25)4-3-7-27-21)5-8-32(9-6-24)20-13-28-19(12-29-20)16-10-15(35-2)14-33-22(16)18(26)11-30-33;1-4-33-17-10-18(24-19(25)12-27-30(24)13-17)16-5-6-22(26-11-16)29-8-7-20(21(31)14-29)28-23(32)9-15(2)3;1-15(2)32-22(30)27-23(3)7-9-28(10-8-23)20-6-5-16(12-25-20)18-11-17(31-4)14-29-21(18)19(24)13-26-29;1-30-18-12-19(23-20(24)14-27-29(23)15-18)16-5-6-21(26-13-16)28-10-7-17(8-11-28)31-22-4-2-3-9-25-22/h3-4,7,10-14H,5-6,8-9H2,1-2H3,(H,31,34);5-6,10-13,15,20-21,31H,4,7-9,14H2,1-3H3,(H,28,32);5-6,11-15H,7-10H2,1-4H3,(H,27,30);2-6,9,12-15,17H,7-8,10-11H2,1H3/t;20-,21-;;/m.0../s1. The summed E-state index contributed by atoms with van der Waals surface area (Å²) in [6.45, 7) is 20.2. The highest BCUT2D eigenvalue weighted by atomic mass is 35.5. The number of pyridine rings is 9. The first-order valence-electron chi connectivity index (χ1n) is 43.3. The van der Waals surface area contributed by atoms with Gasteiger partial charge in [-0.15, -0.1) is 0 Å². The fourth-order valence-corrected chi connectivity index (χ4v) is 17.5. The van der Waals surface area contributed by atoms with Crippen LogP contribution in [0.5, 0.6) is 28.9 Å². The van der Waals surface area contributed by atoms with Gasteiger partial charge in [0.15, 0.2) is 0 Å². The second-order valence-corrected chi connectivity index (χ2v) is 35.6. The number of hydrogen-bond donors (Lipinski definition) is 4. The molecule has 18 heterocycles. The van der Waals surface area contributed by atoms with Gasteiger partial charge in [0.1, 0.15) is 58.1 Å². The number of carbonyl (C=O) groups is 3. The molecular weight excluding hydrogens is 1770 g/mol. The number of anilines is 4. The topological polar surface area (TPSA) is 335 Å². The van der Waals surface area contributed by atoms with E-state index in [1.54, 1.807) is 120 Å². The zero-order valence-electron chi connectivity index (χ0n) is 74.2. The number of halogens is 5. The summed E-state index contributed by atoms with van der Waals surface area (Å²) in [5, 5.41) is 39.5. The van der Waals surface area contributed by atoms with E-state index in [2.05, 4.69) is 95.0 Å². The van der Waals surface area contributed by atoms with Crippen molar-refractivity contribution < 1.29 is 47.9 Å². The smallest absolute Gasteiger partial charge is 0.407 e. The summed E-state index contributed by atoms with van der Waals surface area (Å²) in [5.74, 6) is 6.85. The molecular formula is C94H103Cl5N22O10. The van der Waals surface area contributed by atoms with Crippen LogP contribution >= 0.6 is 58.0 Å². The molecule has 0 saturated carbocycles. The van der Waals surface area contributed by atoms with Crippen LogP contribution in [0.4, 0.5) is 28.1 Å². The van der Waals surface area contributed by atoms with Crippen molar-refractivity contribution in [2.75, 3.05) is 99.9 Å². The van der Waals surface area contributed by atoms with Gasteiger partial charge in [0.05, 0.1) is 161 Å². The van der Waals surface area contributed by atoms with Crippen LogP contribution in [0.1, 0.15) is 110 Å². The maximum Gasteiger partial charge on any atom is 0.407 e. The van der Waals surface area contributed by atoms with E-state index in [9.17, 15) is 19.5 Å². The van der Waals surface area contributed by atoms with Crippen LogP contribution in [0, 0.1) is 5.92 Å². The molecule has 4 N–H and O–H groups in total. The number of hydrogen-bond acceptors (Lipinski definition) is 25. The maximum absolute atomic E-state index is 12.7. The van der Waals surface area contributed by atoms with E-state index in [1.807, 2.05) is 138 Å². The predicted molar refractivity (Wildman–Crippen MR) is 508 cm³/mol. The Bertz CT molecular complexity index is 6290. The number of aliphatic hydroxyl groups excluding tert-OH is 1. The third-order valence-electron chi connectivity index (χ3n) is 23.3. The number of nitrogens with zero attached hydrogens (tertiary/aromatic N) is 19. The second-order valence-electron chi connectivity index (χ2n) is 33.5. The molecule has 131 heavy (non-hydrogen) atoms. The highest BCUT2D eigenvalue weighted by molar-refractivity contribution is 6.36. The molecule has 4 saturated heterocycles. The van der Waals surface area contributed by atoms with Crippen molar-refractivity contribution in [2.24, 2.45) is 5.92 Å². The third-order valence-corrected chi connectivity index (χ3v) is 24.7. The van der Waals surface area contributed by atoms with E-state index in [-0.39, 0.29) is 58.8 Å². The van der Waals surface area contributed by atoms with Crippen molar-refractivity contribution >= 4 is 121 Å². The molecule has 18 rings (SSSR count). The lowest BCUT2D eigenvalue weighted by Crippen LogP contribution is -2.54. The molecule has 0 spiro atoms. The van der Waals surface area contributed by atoms with Gasteiger partial charge in [-0.3, -0.25) is 14.6 Å². The zero-order chi connectivity index (χ0) is 92.2. The van der Waals surface area contributed by atoms with Crippen LogP contribution in [0.3, 0.4) is 0 Å². The van der Waals surface area contributed by atoms with Crippen LogP contribution < -0.4 is 59.2 Å². The highest BCUT2D eigenvalue weighted by Gasteiger charge is 2.36. The Kier molecular flexibility index (Phi) is 29.6. The van der Waals surface area contributed by atoms with Gasteiger partial charge in [0.2, 0.25) is 11.8 Å². The molecule has 0 bridgehead atoms. The Labute approximate surface area is 782 Å². The van der Waals surface area contributed by atoms with Crippen LogP contribution in [-0.2, 0) is 9.53 Å². The molecule has 4 aliphatic heterocycles. The van der Waals surface area contributed by atoms with Crippen LogP contribution in [-0.4, -0.2) is 212 Å². The molecule has 3 amide bonds. The van der Waals surface area contributed by atoms with Gasteiger partial charge in [-0.2, -0.15) is 20.4 Å². The number of carbonyl (C=O) groups excluding carboxylic acids is 3. The number of alkyl carbamates (subject to hydrolysis) is 1. The summed E-state index contributed by atoms with van der Waals surface area (Å²) < 4.78 is 40.0. The summed E-state index contributed by atoms with van der Waals surface area (Å²) in [6.07, 6.45) is 31.1. The van der Waals surface area contributed by atoms with Crippen molar-refractivity contribution in [3.63, 3.8) is 0 Å². The first kappa shape index (κ1) is 93.1. The molecule has 14 aromatic rings. The number of ether oxygens (including phenoxy) is 6. The van der Waals surface area contributed by atoms with E-state index in [0.29, 0.717) is 92.2 Å². The van der Waals surface area contributed by atoms with Gasteiger partial charge in [-0.05, 0) is 152 Å². The van der Waals surface area contributed by atoms with Gasteiger partial charge >= 0.3 is 6.09 Å². The minimum absolute atomic E-state index is 0.0101. The monoisotopic (exact) mass is 1870 g/mol. The first-order valence-corrected chi connectivity index (χ1v) is 45.2. The lowest BCUT2D eigenvalue weighted by atomic mass is 9.89. The molecule has 0 aromatic carbocycles. The summed E-state index contributed by atoms with van der Waals surface area (Å²) >= 11 is 31.6. The summed E-state index contributed by atoms with van der Waals surface area (Å²) in [7, 11) is 4.86. The summed E-state index contributed by atoms with van der Waals surface area (Å²) in [4.78, 5) is 77.2. The largest absolute Gasteiger partial charge is 0.495 e. The lowest BCUT2D eigenvalue weighted by Gasteiger charge is -2.40. The Morgan fingerprint density at radius 1 is 0.481 bits per heavy atom. The SMILES string of the molecule is CCOc1cc(-c2ccc(N3CC[C@H](NC(=O)CC(C)C)[C@@H](O)C3)nc2)c2c(Cl)cnn2c1.COc1cc(-c2ccc(N3CCC(C)(NC(=O)OC(C)C)CC3)nc2)c2c(Cl)cnn2c1.COc1cc(-c2ccc(N3CCC(Oc4ccccn4)CC3)nc2)c2c(Cl)cnn2c1.COc1cc(-c2cnc(N3CCC(C)(NC(=O)c4ncccc4Cl)CC3)cn2)c2c(Cl)cnn2c1. The molecule has 32 nitrogen and oxygen atoms in total. The van der Waals surface area contributed by atoms with Crippen molar-refractivity contribution in [3.8, 4) is 73.5 Å². The Hall–Kier alpha value is -12.6. The van der Waals surface area contributed by atoms with E-state index in [0.717, 1.165) is 162 Å². The van der Waals surface area contributed by atoms with E-state index >= 15 is 0 Å². The number of amides is 3. The minimum Gasteiger partial charge on any atom is -0.495 e. The second kappa shape index (κ2) is 41.7. The molecule has 14 aromatic heterocycles. The van der Waals surface area contributed by atoms with Crippen LogP contribution in [0.15, 0.2) is 184 Å². The maximum atomic E-state index is 12.7. The number of aliphatic hydroxyl groups is 1. The minimum atomic E-state index is -0.649. The number of fused-ring (bicyclic) bond motifs is 4. The van der Waals surface area contributed by atoms with E-state index in [1.165, 1.54) is 0 Å². The molecule has 0 radical (unpaired) electrons. The average Bonchev–Trinajstić information content (AvgIpc) is 1.71. The van der Waals surface area contributed by atoms with Crippen LogP contribution in [0.2, 0.25) is 25.1 Å². The van der Waals surface area contributed by atoms with E-state index in [4.69, 9.17) is 96.4 Å².